The van der Waals surface area contributed by atoms with E-state index in [1.54, 1.807) is 29.1 Å². The van der Waals surface area contributed by atoms with Gasteiger partial charge in [-0.25, -0.2) is 4.68 Å². The zero-order valence-corrected chi connectivity index (χ0v) is 11.7. The number of amides is 1. The lowest BCUT2D eigenvalue weighted by Crippen LogP contribution is -2.26. The number of carbonyl (C=O) groups excluding carboxylic acids is 1. The highest BCUT2D eigenvalue weighted by Crippen LogP contribution is 2.22. The lowest BCUT2D eigenvalue weighted by molar-refractivity contribution is 0.0951. The van der Waals surface area contributed by atoms with Gasteiger partial charge >= 0.3 is 0 Å². The number of terminal acetylenes is 1. The molecular formula is C17H13N3O2. The number of nitrogens with one attached hydrogen (secondary N) is 1. The standard InChI is InChI=1S/C17H13N3O2/c1-2-10-18-17(21)15-12-14(16-9-6-11-22-16)19-20(15)13-7-4-3-5-8-13/h1,3-9,11-12H,10H2,(H,18,21). The predicted octanol–water partition coefficient (Wildman–Crippen LogP) is 2.50. The Bertz CT molecular complexity index is 811. The van der Waals surface area contributed by atoms with Crippen LogP contribution in [0.5, 0.6) is 0 Å². The summed E-state index contributed by atoms with van der Waals surface area (Å²) in [7, 11) is 0. The Hall–Kier alpha value is -3.26. The largest absolute Gasteiger partial charge is 0.463 e. The fraction of sp³-hybridized carbons (Fsp3) is 0.0588. The van der Waals surface area contributed by atoms with Crippen LogP contribution in [0, 0.1) is 12.3 Å². The quantitative estimate of drug-likeness (QED) is 0.751. The van der Waals surface area contributed by atoms with Gasteiger partial charge in [0.1, 0.15) is 11.4 Å². The highest BCUT2D eigenvalue weighted by Gasteiger charge is 2.18. The van der Waals surface area contributed by atoms with Crippen LogP contribution in [0.1, 0.15) is 10.5 Å². The van der Waals surface area contributed by atoms with Crippen LogP contribution in [-0.2, 0) is 0 Å². The fourth-order valence-electron chi connectivity index (χ4n) is 2.08. The summed E-state index contributed by atoms with van der Waals surface area (Å²) in [6.45, 7) is 0.162. The second-order valence-electron chi connectivity index (χ2n) is 4.53. The number of rotatable bonds is 4. The number of hydrogen-bond donors (Lipinski definition) is 1. The summed E-state index contributed by atoms with van der Waals surface area (Å²) in [5, 5.41) is 7.11. The average molecular weight is 291 g/mol. The summed E-state index contributed by atoms with van der Waals surface area (Å²) in [4.78, 5) is 12.3. The van der Waals surface area contributed by atoms with Crippen LogP contribution in [0.15, 0.2) is 59.2 Å². The minimum atomic E-state index is -0.285. The molecule has 0 aliphatic heterocycles. The Morgan fingerprint density at radius 3 is 2.77 bits per heavy atom. The summed E-state index contributed by atoms with van der Waals surface area (Å²) in [6, 6.07) is 14.7. The molecule has 5 nitrogen and oxygen atoms in total. The van der Waals surface area contributed by atoms with E-state index in [0.29, 0.717) is 17.1 Å². The van der Waals surface area contributed by atoms with Crippen molar-refractivity contribution in [3.8, 4) is 29.5 Å². The Kier molecular flexibility index (Phi) is 3.75. The van der Waals surface area contributed by atoms with E-state index < -0.39 is 0 Å². The molecule has 0 atom stereocenters. The molecule has 0 fully saturated rings. The molecule has 0 saturated heterocycles. The van der Waals surface area contributed by atoms with Gasteiger partial charge in [0, 0.05) is 6.07 Å². The van der Waals surface area contributed by atoms with E-state index in [4.69, 9.17) is 10.8 Å². The average Bonchev–Trinajstić information content (AvgIpc) is 3.22. The Morgan fingerprint density at radius 2 is 2.09 bits per heavy atom. The molecular weight excluding hydrogens is 278 g/mol. The topological polar surface area (TPSA) is 60.1 Å². The number of carbonyl (C=O) groups is 1. The molecule has 0 unspecified atom stereocenters. The first-order valence-corrected chi connectivity index (χ1v) is 6.70. The van der Waals surface area contributed by atoms with Crippen LogP contribution in [0.2, 0.25) is 0 Å². The molecule has 5 heteroatoms. The lowest BCUT2D eigenvalue weighted by Gasteiger charge is -2.06. The van der Waals surface area contributed by atoms with Crippen molar-refractivity contribution in [3.63, 3.8) is 0 Å². The maximum atomic E-state index is 12.3. The van der Waals surface area contributed by atoms with Gasteiger partial charge in [0.05, 0.1) is 18.5 Å². The summed E-state index contributed by atoms with van der Waals surface area (Å²) < 4.78 is 6.92. The highest BCUT2D eigenvalue weighted by atomic mass is 16.3. The van der Waals surface area contributed by atoms with Gasteiger partial charge in [0.25, 0.3) is 5.91 Å². The van der Waals surface area contributed by atoms with Gasteiger partial charge in [-0.2, -0.15) is 5.10 Å². The number of hydrogen-bond acceptors (Lipinski definition) is 3. The number of furan rings is 1. The van der Waals surface area contributed by atoms with Crippen molar-refractivity contribution in [2.45, 2.75) is 0 Å². The van der Waals surface area contributed by atoms with E-state index in [2.05, 4.69) is 16.3 Å². The summed E-state index contributed by atoms with van der Waals surface area (Å²) in [5.41, 5.74) is 1.76. The first-order valence-electron chi connectivity index (χ1n) is 6.70. The van der Waals surface area contributed by atoms with Crippen LogP contribution in [0.25, 0.3) is 17.1 Å². The third kappa shape index (κ3) is 2.63. The molecule has 108 valence electrons. The smallest absolute Gasteiger partial charge is 0.270 e. The molecule has 0 bridgehead atoms. The molecule has 3 rings (SSSR count). The molecule has 0 aliphatic carbocycles. The van der Waals surface area contributed by atoms with E-state index in [0.717, 1.165) is 5.69 Å². The van der Waals surface area contributed by atoms with Gasteiger partial charge < -0.3 is 9.73 Å². The van der Waals surface area contributed by atoms with Crippen LogP contribution < -0.4 is 5.32 Å². The van der Waals surface area contributed by atoms with Gasteiger partial charge in [-0.3, -0.25) is 4.79 Å². The van der Waals surface area contributed by atoms with Crippen molar-refractivity contribution in [2.24, 2.45) is 0 Å². The molecule has 1 aromatic carbocycles. The maximum Gasteiger partial charge on any atom is 0.270 e. The van der Waals surface area contributed by atoms with E-state index >= 15 is 0 Å². The monoisotopic (exact) mass is 291 g/mol. The second kappa shape index (κ2) is 6.02. The molecule has 0 radical (unpaired) electrons. The molecule has 3 aromatic rings. The van der Waals surface area contributed by atoms with Crippen LogP contribution in [0.3, 0.4) is 0 Å². The zero-order valence-electron chi connectivity index (χ0n) is 11.7. The summed E-state index contributed by atoms with van der Waals surface area (Å²) >= 11 is 0. The SMILES string of the molecule is C#CCNC(=O)c1cc(-c2ccco2)nn1-c1ccccc1. The molecule has 2 aromatic heterocycles. The highest BCUT2D eigenvalue weighted by molar-refractivity contribution is 5.94. The van der Waals surface area contributed by atoms with E-state index in [-0.39, 0.29) is 12.5 Å². The zero-order chi connectivity index (χ0) is 15.4. The summed E-state index contributed by atoms with van der Waals surface area (Å²) in [5.74, 6) is 2.69. The van der Waals surface area contributed by atoms with Crippen molar-refractivity contribution in [2.75, 3.05) is 6.54 Å². The minimum Gasteiger partial charge on any atom is -0.463 e. The maximum absolute atomic E-state index is 12.3. The Balaban J connectivity index is 2.06. The molecule has 0 saturated carbocycles. The van der Waals surface area contributed by atoms with Gasteiger partial charge in [-0.1, -0.05) is 24.1 Å². The van der Waals surface area contributed by atoms with Crippen molar-refractivity contribution < 1.29 is 9.21 Å². The predicted molar refractivity (Wildman–Crippen MR) is 82.4 cm³/mol. The van der Waals surface area contributed by atoms with Crippen LogP contribution in [-0.4, -0.2) is 22.2 Å². The van der Waals surface area contributed by atoms with Gasteiger partial charge in [0.2, 0.25) is 0 Å². The Labute approximate surface area is 127 Å². The van der Waals surface area contributed by atoms with E-state index in [9.17, 15) is 4.79 Å². The summed E-state index contributed by atoms with van der Waals surface area (Å²) in [6.07, 6.45) is 6.75. The van der Waals surface area contributed by atoms with Crippen molar-refractivity contribution in [3.05, 3.63) is 60.5 Å². The van der Waals surface area contributed by atoms with Gasteiger partial charge in [-0.05, 0) is 24.3 Å². The molecule has 1 N–H and O–H groups in total. The number of benzene rings is 1. The number of nitrogens with zero attached hydrogens (tertiary/aromatic N) is 2. The molecule has 1 amide bonds. The lowest BCUT2D eigenvalue weighted by atomic mass is 10.2. The molecule has 0 spiro atoms. The van der Waals surface area contributed by atoms with Crippen LogP contribution in [0.4, 0.5) is 0 Å². The normalized spacial score (nSPS) is 10.1. The minimum absolute atomic E-state index is 0.162. The first kappa shape index (κ1) is 13.7. The first-order chi connectivity index (χ1) is 10.8. The third-order valence-electron chi connectivity index (χ3n) is 3.07. The second-order valence-corrected chi connectivity index (χ2v) is 4.53. The molecule has 2 heterocycles. The van der Waals surface area contributed by atoms with Crippen molar-refractivity contribution >= 4 is 5.91 Å². The van der Waals surface area contributed by atoms with Gasteiger partial charge in [-0.15, -0.1) is 6.42 Å². The fourth-order valence-corrected chi connectivity index (χ4v) is 2.08. The number of para-hydroxylation sites is 1. The van der Waals surface area contributed by atoms with Crippen molar-refractivity contribution in [1.82, 2.24) is 15.1 Å². The molecule has 22 heavy (non-hydrogen) atoms. The third-order valence-corrected chi connectivity index (χ3v) is 3.07. The van der Waals surface area contributed by atoms with Crippen molar-refractivity contribution in [1.29, 1.82) is 0 Å². The van der Waals surface area contributed by atoms with E-state index in [1.165, 1.54) is 0 Å². The molecule has 0 aliphatic rings. The van der Waals surface area contributed by atoms with Crippen LogP contribution >= 0.6 is 0 Å². The Morgan fingerprint density at radius 1 is 1.27 bits per heavy atom. The van der Waals surface area contributed by atoms with E-state index in [1.807, 2.05) is 30.3 Å². The number of aromatic nitrogens is 2. The van der Waals surface area contributed by atoms with Gasteiger partial charge in [0.15, 0.2) is 5.76 Å².